The van der Waals surface area contributed by atoms with E-state index >= 15 is 0 Å². The molecule has 0 radical (unpaired) electrons. The summed E-state index contributed by atoms with van der Waals surface area (Å²) in [7, 11) is -3.24. The minimum Gasteiger partial charge on any atom is -0.370 e. The molecule has 3 rings (SSSR count). The zero-order chi connectivity index (χ0) is 19.3. The van der Waals surface area contributed by atoms with Gasteiger partial charge in [0.1, 0.15) is 0 Å². The molecular formula is C17H27ClIN5O2S2. The summed E-state index contributed by atoms with van der Waals surface area (Å²) in [5.41, 5.74) is 7.23. The molecule has 0 bridgehead atoms. The summed E-state index contributed by atoms with van der Waals surface area (Å²) in [6.07, 6.45) is 0. The molecule has 7 nitrogen and oxygen atoms in total. The maximum absolute atomic E-state index is 12.3. The standard InChI is InChI=1S/C17H26ClN5O2S2.HI/c18-15-1-3-16(4-2-15)21-6-8-22(9-7-21)17(19)20-5-14-27(24,25)23-10-12-26-13-11-23;/h1-4H,5-14H2,(H2,19,20);1H. The van der Waals surface area contributed by atoms with Crippen molar-refractivity contribution in [1.82, 2.24) is 9.21 Å². The second-order valence-electron chi connectivity index (χ2n) is 6.52. The molecule has 1 aromatic carbocycles. The Hall–Kier alpha value is -0.430. The van der Waals surface area contributed by atoms with Crippen LogP contribution in [0.2, 0.25) is 5.02 Å². The first-order valence-corrected chi connectivity index (χ1v) is 12.2. The van der Waals surface area contributed by atoms with Gasteiger partial charge in [0, 0.05) is 61.5 Å². The highest BCUT2D eigenvalue weighted by atomic mass is 127. The van der Waals surface area contributed by atoms with E-state index in [0.29, 0.717) is 19.0 Å². The van der Waals surface area contributed by atoms with Gasteiger partial charge < -0.3 is 15.5 Å². The number of benzene rings is 1. The summed E-state index contributed by atoms with van der Waals surface area (Å²) in [6.45, 7) is 4.58. The molecule has 2 heterocycles. The third-order valence-corrected chi connectivity index (χ3v) is 7.83. The Balaban J connectivity index is 0.00000280. The van der Waals surface area contributed by atoms with Crippen LogP contribution < -0.4 is 10.6 Å². The zero-order valence-electron chi connectivity index (χ0n) is 15.7. The van der Waals surface area contributed by atoms with Crippen molar-refractivity contribution in [1.29, 1.82) is 0 Å². The largest absolute Gasteiger partial charge is 0.370 e. The van der Waals surface area contributed by atoms with Crippen LogP contribution in [0.5, 0.6) is 0 Å². The van der Waals surface area contributed by atoms with E-state index in [0.717, 1.165) is 48.4 Å². The molecule has 0 aliphatic carbocycles. The highest BCUT2D eigenvalue weighted by molar-refractivity contribution is 14.0. The van der Waals surface area contributed by atoms with Gasteiger partial charge in [0.15, 0.2) is 5.96 Å². The molecule has 0 amide bonds. The Morgan fingerprint density at radius 3 is 2.29 bits per heavy atom. The first-order chi connectivity index (χ1) is 13.0. The molecule has 2 N–H and O–H groups in total. The van der Waals surface area contributed by atoms with Gasteiger partial charge in [0.05, 0.1) is 12.3 Å². The fraction of sp³-hybridized carbons (Fsp3) is 0.588. The number of aliphatic imine (C=N–C) groups is 1. The lowest BCUT2D eigenvalue weighted by Gasteiger charge is -2.36. The lowest BCUT2D eigenvalue weighted by Crippen LogP contribution is -2.51. The SMILES string of the molecule is I.NC(=NCCS(=O)(=O)N1CCSCC1)N1CCN(c2ccc(Cl)cc2)CC1. The van der Waals surface area contributed by atoms with Gasteiger partial charge >= 0.3 is 0 Å². The summed E-state index contributed by atoms with van der Waals surface area (Å²) in [6, 6.07) is 7.81. The third-order valence-electron chi connectivity index (χ3n) is 4.78. The van der Waals surface area contributed by atoms with Crippen molar-refractivity contribution in [3.8, 4) is 0 Å². The lowest BCUT2D eigenvalue weighted by atomic mass is 10.2. The van der Waals surface area contributed by atoms with Crippen LogP contribution >= 0.6 is 47.3 Å². The molecule has 0 aromatic heterocycles. The van der Waals surface area contributed by atoms with E-state index in [1.54, 1.807) is 16.1 Å². The van der Waals surface area contributed by atoms with Crippen molar-refractivity contribution in [2.45, 2.75) is 0 Å². The van der Waals surface area contributed by atoms with Crippen LogP contribution in [0.3, 0.4) is 0 Å². The third kappa shape index (κ3) is 6.54. The Kier molecular flexibility index (Phi) is 9.45. The monoisotopic (exact) mass is 559 g/mol. The predicted molar refractivity (Wildman–Crippen MR) is 130 cm³/mol. The lowest BCUT2D eigenvalue weighted by molar-refractivity contribution is 0.381. The fourth-order valence-corrected chi connectivity index (χ4v) is 5.75. The molecule has 158 valence electrons. The van der Waals surface area contributed by atoms with Gasteiger partial charge in [0.25, 0.3) is 0 Å². The van der Waals surface area contributed by atoms with Gasteiger partial charge in [-0.25, -0.2) is 12.7 Å². The van der Waals surface area contributed by atoms with Gasteiger partial charge in [-0.3, -0.25) is 4.99 Å². The summed E-state index contributed by atoms with van der Waals surface area (Å²) in [5, 5.41) is 0.729. The van der Waals surface area contributed by atoms with E-state index in [9.17, 15) is 8.42 Å². The molecule has 0 unspecified atom stereocenters. The van der Waals surface area contributed by atoms with E-state index in [1.807, 2.05) is 29.2 Å². The average molecular weight is 560 g/mol. The number of thioether (sulfide) groups is 1. The maximum Gasteiger partial charge on any atom is 0.215 e. The molecule has 2 aliphatic heterocycles. The van der Waals surface area contributed by atoms with Gasteiger partial charge in [0.2, 0.25) is 10.0 Å². The van der Waals surface area contributed by atoms with Crippen LogP contribution in [-0.4, -0.2) is 86.7 Å². The molecule has 0 saturated carbocycles. The number of nitrogens with two attached hydrogens (primary N) is 1. The van der Waals surface area contributed by atoms with Crippen LogP contribution in [0.4, 0.5) is 5.69 Å². The number of sulfonamides is 1. The normalized spacial score (nSPS) is 19.4. The maximum atomic E-state index is 12.3. The van der Waals surface area contributed by atoms with Crippen LogP contribution in [0.1, 0.15) is 0 Å². The van der Waals surface area contributed by atoms with E-state index in [2.05, 4.69) is 9.89 Å². The van der Waals surface area contributed by atoms with E-state index in [1.165, 1.54) is 0 Å². The van der Waals surface area contributed by atoms with Crippen molar-refractivity contribution in [2.24, 2.45) is 10.7 Å². The fourth-order valence-electron chi connectivity index (χ4n) is 3.18. The average Bonchev–Trinajstić information content (AvgIpc) is 2.69. The second-order valence-corrected chi connectivity index (χ2v) is 10.3. The highest BCUT2D eigenvalue weighted by Gasteiger charge is 2.24. The quantitative estimate of drug-likeness (QED) is 0.337. The van der Waals surface area contributed by atoms with Crippen molar-refractivity contribution in [2.75, 3.05) is 68.0 Å². The molecule has 0 spiro atoms. The number of piperazine rings is 1. The summed E-state index contributed by atoms with van der Waals surface area (Å²) < 4.78 is 26.3. The number of halogens is 2. The number of nitrogens with zero attached hydrogens (tertiary/aromatic N) is 4. The zero-order valence-corrected chi connectivity index (χ0v) is 20.4. The molecule has 11 heteroatoms. The summed E-state index contributed by atoms with van der Waals surface area (Å²) in [4.78, 5) is 8.60. The van der Waals surface area contributed by atoms with Gasteiger partial charge in [-0.05, 0) is 24.3 Å². The Labute approximate surface area is 193 Å². The number of hydrogen-bond acceptors (Lipinski definition) is 5. The number of guanidine groups is 1. The van der Waals surface area contributed by atoms with E-state index < -0.39 is 10.0 Å². The highest BCUT2D eigenvalue weighted by Crippen LogP contribution is 2.19. The molecule has 2 saturated heterocycles. The predicted octanol–water partition coefficient (Wildman–Crippen LogP) is 1.77. The van der Waals surface area contributed by atoms with Crippen LogP contribution in [0.15, 0.2) is 29.3 Å². The van der Waals surface area contributed by atoms with Crippen LogP contribution in [0, 0.1) is 0 Å². The summed E-state index contributed by atoms with van der Waals surface area (Å²) in [5.74, 6) is 2.17. The molecule has 1 aromatic rings. The smallest absolute Gasteiger partial charge is 0.215 e. The number of rotatable bonds is 5. The second kappa shape index (κ2) is 11.1. The van der Waals surface area contributed by atoms with Crippen molar-refractivity contribution < 1.29 is 8.42 Å². The van der Waals surface area contributed by atoms with Crippen molar-refractivity contribution in [3.05, 3.63) is 29.3 Å². The molecule has 2 fully saturated rings. The first kappa shape index (κ1) is 23.8. The number of anilines is 1. The Bertz CT molecular complexity index is 749. The summed E-state index contributed by atoms with van der Waals surface area (Å²) >= 11 is 7.73. The van der Waals surface area contributed by atoms with Crippen molar-refractivity contribution in [3.63, 3.8) is 0 Å². The molecule has 28 heavy (non-hydrogen) atoms. The minimum absolute atomic E-state index is 0. The van der Waals surface area contributed by atoms with Gasteiger partial charge in [-0.2, -0.15) is 11.8 Å². The van der Waals surface area contributed by atoms with Crippen LogP contribution in [-0.2, 0) is 10.0 Å². The molecular weight excluding hydrogens is 533 g/mol. The first-order valence-electron chi connectivity index (χ1n) is 9.07. The molecule has 0 atom stereocenters. The van der Waals surface area contributed by atoms with Gasteiger partial charge in [-0.15, -0.1) is 24.0 Å². The van der Waals surface area contributed by atoms with Crippen LogP contribution in [0.25, 0.3) is 0 Å². The van der Waals surface area contributed by atoms with Crippen molar-refractivity contribution >= 4 is 69.0 Å². The number of hydrogen-bond donors (Lipinski definition) is 1. The minimum atomic E-state index is -3.24. The van der Waals surface area contributed by atoms with E-state index in [-0.39, 0.29) is 36.3 Å². The Morgan fingerprint density at radius 2 is 1.68 bits per heavy atom. The molecule has 2 aliphatic rings. The topological polar surface area (TPSA) is 82.2 Å². The Morgan fingerprint density at radius 1 is 1.07 bits per heavy atom. The van der Waals surface area contributed by atoms with Gasteiger partial charge in [-0.1, -0.05) is 11.6 Å². The van der Waals surface area contributed by atoms with E-state index in [4.69, 9.17) is 17.3 Å².